The summed E-state index contributed by atoms with van der Waals surface area (Å²) in [6, 6.07) is 12.2. The fraction of sp³-hybridized carbons (Fsp3) is 0.500. The molecule has 1 aliphatic heterocycles. The third kappa shape index (κ3) is 7.87. The van der Waals surface area contributed by atoms with Gasteiger partial charge in [-0.25, -0.2) is 4.39 Å². The maximum absolute atomic E-state index is 14.3. The molecule has 1 spiro atoms. The number of aliphatic imine (C=N–C) groups is 1. The molecule has 9 heteroatoms. The average Bonchev–Trinajstić information content (AvgIpc) is 3.24. The van der Waals surface area contributed by atoms with Crippen molar-refractivity contribution >= 4 is 38.9 Å². The fourth-order valence-corrected chi connectivity index (χ4v) is 6.29. The van der Waals surface area contributed by atoms with E-state index in [0.717, 1.165) is 43.2 Å². The van der Waals surface area contributed by atoms with Crippen LogP contribution in [0.5, 0.6) is 0 Å². The number of benzene rings is 2. The highest BCUT2D eigenvalue weighted by atomic mass is 31.0. The number of carboxylic acid groups (broad SMARTS) is 1. The lowest BCUT2D eigenvalue weighted by molar-refractivity contribution is -0.137. The molecule has 7 nitrogen and oxygen atoms in total. The molecule has 2 unspecified atom stereocenters. The Balaban J connectivity index is 0.00000141. The maximum atomic E-state index is 14.3. The van der Waals surface area contributed by atoms with Crippen molar-refractivity contribution in [1.82, 2.24) is 4.90 Å². The summed E-state index contributed by atoms with van der Waals surface area (Å²) in [5.74, 6) is -0.801. The molecule has 3 N–H and O–H groups in total. The van der Waals surface area contributed by atoms with Crippen molar-refractivity contribution < 1.29 is 23.9 Å². The summed E-state index contributed by atoms with van der Waals surface area (Å²) in [5.41, 5.74) is 6.86. The fourth-order valence-electron chi connectivity index (χ4n) is 5.95. The number of hydrogen-bond acceptors (Lipinski definition) is 5. The largest absolute Gasteiger partial charge is 0.481 e. The van der Waals surface area contributed by atoms with Gasteiger partial charge in [-0.1, -0.05) is 51.5 Å². The predicted molar refractivity (Wildman–Crippen MR) is 166 cm³/mol. The standard InChI is InChI=1S/C30H38FN2O3P.CH5N.CH2O/c1-5-29(3,4)23-12-14-30(15-13-23)32-27(22-16-24(31)18-25(37)17-22)28(36)33(30)19(2)21-9-6-20(7-10-21)8-11-26(34)35;2*1-2/h6-7,9-10,16-19,23H,5,8,11-15,37H2,1-4H3,(H,34,35);2H2,1H3;1H2. The molecule has 1 saturated carbocycles. The second-order valence-electron chi connectivity index (χ2n) is 11.3. The Bertz CT molecular complexity index is 1200. The van der Waals surface area contributed by atoms with Gasteiger partial charge in [-0.3, -0.25) is 14.6 Å². The maximum Gasteiger partial charge on any atom is 0.303 e. The highest BCUT2D eigenvalue weighted by Gasteiger charge is 2.52. The molecular formula is C32H45FN3O4P. The number of carbonyl (C=O) groups is 3. The number of nitrogens with zero attached hydrogens (tertiary/aromatic N) is 2. The number of carbonyl (C=O) groups excluding carboxylic acids is 2. The van der Waals surface area contributed by atoms with Gasteiger partial charge in [-0.15, -0.1) is 9.24 Å². The van der Waals surface area contributed by atoms with Gasteiger partial charge in [0.25, 0.3) is 5.91 Å². The van der Waals surface area contributed by atoms with Crippen LogP contribution in [0.25, 0.3) is 0 Å². The Labute approximate surface area is 246 Å². The number of amides is 1. The second kappa shape index (κ2) is 14.8. The molecule has 0 radical (unpaired) electrons. The van der Waals surface area contributed by atoms with Crippen LogP contribution in [0.4, 0.5) is 4.39 Å². The van der Waals surface area contributed by atoms with Gasteiger partial charge < -0.3 is 20.5 Å². The van der Waals surface area contributed by atoms with E-state index < -0.39 is 11.6 Å². The third-order valence-electron chi connectivity index (χ3n) is 8.66. The minimum Gasteiger partial charge on any atom is -0.481 e. The smallest absolute Gasteiger partial charge is 0.303 e. The topological polar surface area (TPSA) is 113 Å². The van der Waals surface area contributed by atoms with E-state index in [1.165, 1.54) is 19.2 Å². The Morgan fingerprint density at radius 2 is 1.78 bits per heavy atom. The van der Waals surface area contributed by atoms with E-state index in [0.29, 0.717) is 28.9 Å². The summed E-state index contributed by atoms with van der Waals surface area (Å²) in [6.45, 7) is 10.9. The van der Waals surface area contributed by atoms with Crippen molar-refractivity contribution in [1.29, 1.82) is 0 Å². The van der Waals surface area contributed by atoms with E-state index in [4.69, 9.17) is 14.9 Å². The summed E-state index contributed by atoms with van der Waals surface area (Å²) in [7, 11) is 4.01. The van der Waals surface area contributed by atoms with Crippen molar-refractivity contribution in [2.75, 3.05) is 7.05 Å². The molecule has 1 fully saturated rings. The molecule has 1 heterocycles. The van der Waals surface area contributed by atoms with Crippen LogP contribution in [-0.2, 0) is 20.8 Å². The number of carboxylic acids is 1. The summed E-state index contributed by atoms with van der Waals surface area (Å²) >= 11 is 0. The van der Waals surface area contributed by atoms with Crippen molar-refractivity contribution in [3.05, 3.63) is 65.0 Å². The third-order valence-corrected chi connectivity index (χ3v) is 9.00. The normalized spacial score (nSPS) is 20.9. The summed E-state index contributed by atoms with van der Waals surface area (Å²) < 4.78 is 14.3. The van der Waals surface area contributed by atoms with Gasteiger partial charge in [0.2, 0.25) is 0 Å². The lowest BCUT2D eigenvalue weighted by atomic mass is 9.67. The van der Waals surface area contributed by atoms with Crippen LogP contribution in [-0.4, -0.2) is 47.1 Å². The average molecular weight is 586 g/mol. The van der Waals surface area contributed by atoms with Gasteiger partial charge in [-0.05, 0) is 92.0 Å². The summed E-state index contributed by atoms with van der Waals surface area (Å²) in [6.07, 6.45) is 5.18. The van der Waals surface area contributed by atoms with Crippen LogP contribution in [0.2, 0.25) is 0 Å². The van der Waals surface area contributed by atoms with Crippen LogP contribution in [0.1, 0.15) is 89.0 Å². The minimum absolute atomic E-state index is 0.0838. The van der Waals surface area contributed by atoms with E-state index in [2.05, 4.69) is 35.7 Å². The zero-order valence-electron chi connectivity index (χ0n) is 25.0. The minimum atomic E-state index is -0.820. The van der Waals surface area contributed by atoms with Crippen molar-refractivity contribution in [2.45, 2.75) is 84.3 Å². The van der Waals surface area contributed by atoms with Gasteiger partial charge in [0.15, 0.2) is 0 Å². The quantitative estimate of drug-likeness (QED) is 0.400. The number of hydrogen-bond donors (Lipinski definition) is 2. The van der Waals surface area contributed by atoms with Gasteiger partial charge >= 0.3 is 5.97 Å². The molecular weight excluding hydrogens is 540 g/mol. The van der Waals surface area contributed by atoms with E-state index in [9.17, 15) is 14.0 Å². The molecule has 2 atom stereocenters. The van der Waals surface area contributed by atoms with Crippen molar-refractivity contribution in [2.24, 2.45) is 22.1 Å². The Hall–Kier alpha value is -2.96. The van der Waals surface area contributed by atoms with Crippen LogP contribution < -0.4 is 11.0 Å². The summed E-state index contributed by atoms with van der Waals surface area (Å²) in [4.78, 5) is 40.0. The molecule has 0 bridgehead atoms. The van der Waals surface area contributed by atoms with Gasteiger partial charge in [0.1, 0.15) is 24.0 Å². The molecule has 0 saturated heterocycles. The molecule has 0 aromatic heterocycles. The first-order valence-corrected chi connectivity index (χ1v) is 14.7. The van der Waals surface area contributed by atoms with E-state index >= 15 is 0 Å². The lowest BCUT2D eigenvalue weighted by Gasteiger charge is -2.47. The lowest BCUT2D eigenvalue weighted by Crippen LogP contribution is -2.51. The van der Waals surface area contributed by atoms with E-state index in [1.54, 1.807) is 6.07 Å². The van der Waals surface area contributed by atoms with Crippen LogP contribution in [0.15, 0.2) is 47.5 Å². The predicted octanol–water partition coefficient (Wildman–Crippen LogP) is 5.45. The zero-order chi connectivity index (χ0) is 31.0. The molecule has 1 aliphatic carbocycles. The Morgan fingerprint density at radius 3 is 2.29 bits per heavy atom. The van der Waals surface area contributed by atoms with Gasteiger partial charge in [0, 0.05) is 12.0 Å². The van der Waals surface area contributed by atoms with Gasteiger partial charge in [-0.2, -0.15) is 0 Å². The number of aliphatic carboxylic acids is 1. The first-order valence-electron chi connectivity index (χ1n) is 14.1. The molecule has 41 heavy (non-hydrogen) atoms. The molecule has 2 aromatic rings. The zero-order valence-corrected chi connectivity index (χ0v) is 26.1. The molecule has 2 aromatic carbocycles. The molecule has 2 aliphatic rings. The number of nitrogens with two attached hydrogens (primary N) is 1. The Kier molecular flexibility index (Phi) is 12.3. The molecule has 1 amide bonds. The highest BCUT2D eigenvalue weighted by Crippen LogP contribution is 2.50. The first-order chi connectivity index (χ1) is 19.5. The van der Waals surface area contributed by atoms with Crippen LogP contribution in [0.3, 0.4) is 0 Å². The summed E-state index contributed by atoms with van der Waals surface area (Å²) in [5, 5.41) is 9.66. The highest BCUT2D eigenvalue weighted by molar-refractivity contribution is 7.27. The van der Waals surface area contributed by atoms with Crippen LogP contribution >= 0.6 is 9.24 Å². The monoisotopic (exact) mass is 585 g/mol. The van der Waals surface area contributed by atoms with Crippen LogP contribution in [0, 0.1) is 17.2 Å². The first kappa shape index (κ1) is 34.2. The van der Waals surface area contributed by atoms with Gasteiger partial charge in [0.05, 0.1) is 6.04 Å². The van der Waals surface area contributed by atoms with Crippen molar-refractivity contribution in [3.63, 3.8) is 0 Å². The molecule has 224 valence electrons. The Morgan fingerprint density at radius 1 is 1.20 bits per heavy atom. The molecule has 4 rings (SSSR count). The number of aryl methyl sites for hydroxylation is 1. The second-order valence-corrected chi connectivity index (χ2v) is 12.0. The van der Waals surface area contributed by atoms with E-state index in [-0.39, 0.29) is 29.6 Å². The number of halogens is 1. The van der Waals surface area contributed by atoms with Crippen molar-refractivity contribution in [3.8, 4) is 0 Å². The van der Waals surface area contributed by atoms with E-state index in [1.807, 2.05) is 42.9 Å². The number of rotatable bonds is 8. The SMILES string of the molecule is C=O.CCC(C)(C)C1CCC2(CC1)N=C(c1cc(F)cc(P)c1)C(=O)N2C(C)c1ccc(CCC(=O)O)cc1.CN.